The van der Waals surface area contributed by atoms with Crippen molar-refractivity contribution < 1.29 is 14.6 Å². The predicted octanol–water partition coefficient (Wildman–Crippen LogP) is -1.42. The van der Waals surface area contributed by atoms with Crippen LogP contribution >= 0.6 is 0 Å². The first-order valence-corrected chi connectivity index (χ1v) is 7.45. The lowest BCUT2D eigenvalue weighted by Crippen LogP contribution is -2.46. The molecule has 0 aliphatic heterocycles. The van der Waals surface area contributed by atoms with Crippen LogP contribution in [0.1, 0.15) is 6.42 Å². The molecular weight excluding hydrogens is 200 g/mol. The number of aliphatic hydroxyl groups excluding tert-OH is 2. The lowest BCUT2D eigenvalue weighted by molar-refractivity contribution is 0.252. The molecule has 5 N–H and O–H groups in total. The van der Waals surface area contributed by atoms with Gasteiger partial charge in [-0.15, -0.1) is 0 Å². The molecule has 0 aliphatic rings. The molecule has 0 saturated heterocycles. The number of nitrogens with two attached hydrogens (primary N) is 1. The number of aliphatic hydroxyl groups is 2. The van der Waals surface area contributed by atoms with Crippen LogP contribution in [0.25, 0.3) is 0 Å². The van der Waals surface area contributed by atoms with Gasteiger partial charge in [0.1, 0.15) is 0 Å². The van der Waals surface area contributed by atoms with E-state index in [4.69, 9.17) is 20.4 Å². The Bertz CT molecular complexity index is 125. The van der Waals surface area contributed by atoms with Crippen molar-refractivity contribution in [1.29, 1.82) is 0 Å². The van der Waals surface area contributed by atoms with Crippen molar-refractivity contribution in [1.82, 2.24) is 5.32 Å². The van der Waals surface area contributed by atoms with Gasteiger partial charge in [-0.3, -0.25) is 0 Å². The highest BCUT2D eigenvalue weighted by Gasteiger charge is 2.31. The lowest BCUT2D eigenvalue weighted by atomic mass is 10.5. The quantitative estimate of drug-likeness (QED) is 0.284. The van der Waals surface area contributed by atoms with Gasteiger partial charge in [-0.25, -0.2) is 0 Å². The highest BCUT2D eigenvalue weighted by Crippen LogP contribution is 2.11. The Morgan fingerprint density at radius 1 is 1.29 bits per heavy atom. The summed E-state index contributed by atoms with van der Waals surface area (Å²) in [7, 11) is -0.676. The SMILES string of the molecule is CO[Si](CO)(CO)CCCNCCN. The summed E-state index contributed by atoms with van der Waals surface area (Å²) in [5.41, 5.74) is 5.32. The smallest absolute Gasteiger partial charge is 0.242 e. The van der Waals surface area contributed by atoms with E-state index in [0.717, 1.165) is 25.6 Å². The number of hydrogen-bond acceptors (Lipinski definition) is 5. The van der Waals surface area contributed by atoms with Gasteiger partial charge in [0.05, 0.1) is 12.5 Å². The Hall–Kier alpha value is 0.0169. The van der Waals surface area contributed by atoms with Crippen LogP contribution in [0.5, 0.6) is 0 Å². The minimum absolute atomic E-state index is 0.0170. The summed E-state index contributed by atoms with van der Waals surface area (Å²) in [6.45, 7) is 2.29. The van der Waals surface area contributed by atoms with Crippen LogP contribution in [0.4, 0.5) is 0 Å². The van der Waals surface area contributed by atoms with Crippen molar-refractivity contribution in [3.63, 3.8) is 0 Å². The van der Waals surface area contributed by atoms with Crippen molar-refractivity contribution >= 4 is 8.32 Å². The molecule has 0 aromatic carbocycles. The van der Waals surface area contributed by atoms with E-state index in [0.29, 0.717) is 6.54 Å². The Balaban J connectivity index is 3.61. The maximum absolute atomic E-state index is 9.12. The van der Waals surface area contributed by atoms with Gasteiger partial charge in [0, 0.05) is 20.2 Å². The molecule has 0 heterocycles. The molecule has 0 rings (SSSR count). The summed E-state index contributed by atoms with van der Waals surface area (Å²) in [6, 6.07) is 0.772. The zero-order chi connectivity index (χ0) is 10.9. The van der Waals surface area contributed by atoms with E-state index < -0.39 is 8.32 Å². The van der Waals surface area contributed by atoms with E-state index in [1.807, 2.05) is 0 Å². The molecule has 0 unspecified atom stereocenters. The molecule has 0 fully saturated rings. The van der Waals surface area contributed by atoms with Gasteiger partial charge >= 0.3 is 0 Å². The summed E-state index contributed by atoms with van der Waals surface area (Å²) >= 11 is 0. The summed E-state index contributed by atoms with van der Waals surface area (Å²) in [4.78, 5) is 0. The first-order valence-electron chi connectivity index (χ1n) is 4.92. The average molecular weight is 222 g/mol. The molecule has 0 aromatic heterocycles. The summed E-state index contributed by atoms with van der Waals surface area (Å²) in [5, 5.41) is 21.4. The molecule has 0 aliphatic carbocycles. The standard InChI is InChI=1S/C8H22N2O3Si/c1-13-14(7-11,8-12)6-2-4-10-5-3-9/h10-12H,2-9H2,1H3. The van der Waals surface area contributed by atoms with Gasteiger partial charge in [0.2, 0.25) is 8.32 Å². The molecule has 0 spiro atoms. The van der Waals surface area contributed by atoms with Gasteiger partial charge < -0.3 is 25.7 Å². The fourth-order valence-corrected chi connectivity index (χ4v) is 2.90. The maximum Gasteiger partial charge on any atom is 0.242 e. The number of hydrogen-bond donors (Lipinski definition) is 4. The number of nitrogens with one attached hydrogen (secondary N) is 1. The largest absolute Gasteiger partial charge is 0.415 e. The van der Waals surface area contributed by atoms with Gasteiger partial charge in [-0.1, -0.05) is 0 Å². The van der Waals surface area contributed by atoms with E-state index in [1.165, 1.54) is 0 Å². The van der Waals surface area contributed by atoms with Crippen LogP contribution in [0.3, 0.4) is 0 Å². The fourth-order valence-electron chi connectivity index (χ4n) is 1.20. The molecule has 0 bridgehead atoms. The van der Waals surface area contributed by atoms with Gasteiger partial charge in [-0.2, -0.15) is 0 Å². The predicted molar refractivity (Wildman–Crippen MR) is 58.3 cm³/mol. The van der Waals surface area contributed by atoms with Crippen molar-refractivity contribution in [2.24, 2.45) is 5.73 Å². The van der Waals surface area contributed by atoms with E-state index in [9.17, 15) is 0 Å². The van der Waals surface area contributed by atoms with Crippen LogP contribution in [-0.2, 0) is 4.43 Å². The summed E-state index contributed by atoms with van der Waals surface area (Å²) in [5.74, 6) is 0. The molecule has 0 saturated carbocycles. The zero-order valence-electron chi connectivity index (χ0n) is 8.83. The molecule has 14 heavy (non-hydrogen) atoms. The Morgan fingerprint density at radius 2 is 1.93 bits per heavy atom. The second-order valence-electron chi connectivity index (χ2n) is 3.35. The summed E-state index contributed by atoms with van der Waals surface area (Å²) < 4.78 is 5.23. The Morgan fingerprint density at radius 3 is 2.36 bits per heavy atom. The molecule has 0 amide bonds. The van der Waals surface area contributed by atoms with E-state index >= 15 is 0 Å². The Kier molecular flexibility index (Phi) is 8.35. The second kappa shape index (κ2) is 8.34. The molecule has 0 atom stereocenters. The monoisotopic (exact) mass is 222 g/mol. The first-order chi connectivity index (χ1) is 6.74. The van der Waals surface area contributed by atoms with Crippen LogP contribution < -0.4 is 11.1 Å². The van der Waals surface area contributed by atoms with Crippen molar-refractivity contribution in [3.05, 3.63) is 0 Å². The molecule has 86 valence electrons. The van der Waals surface area contributed by atoms with Gasteiger partial charge in [-0.05, 0) is 19.0 Å². The van der Waals surface area contributed by atoms with Crippen molar-refractivity contribution in [2.75, 3.05) is 39.2 Å². The minimum atomic E-state index is -2.24. The third-order valence-electron chi connectivity index (χ3n) is 2.32. The summed E-state index contributed by atoms with van der Waals surface area (Å²) in [6.07, 6.45) is 0.870. The molecule has 6 heteroatoms. The normalized spacial score (nSPS) is 12.0. The van der Waals surface area contributed by atoms with Gasteiger partial charge in [0.15, 0.2) is 0 Å². The zero-order valence-corrected chi connectivity index (χ0v) is 9.83. The average Bonchev–Trinajstić information content (AvgIpc) is 2.24. The third-order valence-corrected chi connectivity index (χ3v) is 5.60. The highest BCUT2D eigenvalue weighted by atomic mass is 28.4. The van der Waals surface area contributed by atoms with Crippen LogP contribution in [0.2, 0.25) is 6.04 Å². The molecular formula is C8H22N2O3Si. The van der Waals surface area contributed by atoms with Gasteiger partial charge in [0.25, 0.3) is 0 Å². The molecule has 5 nitrogen and oxygen atoms in total. The Labute approximate surface area is 86.4 Å². The fraction of sp³-hybridized carbons (Fsp3) is 1.00. The number of rotatable bonds is 9. The van der Waals surface area contributed by atoms with Crippen LogP contribution in [-0.4, -0.2) is 57.7 Å². The third kappa shape index (κ3) is 5.04. The van der Waals surface area contributed by atoms with E-state index in [2.05, 4.69) is 5.32 Å². The second-order valence-corrected chi connectivity index (χ2v) is 7.25. The lowest BCUT2D eigenvalue weighted by Gasteiger charge is -2.25. The topological polar surface area (TPSA) is 87.7 Å². The first kappa shape index (κ1) is 14.0. The van der Waals surface area contributed by atoms with Crippen molar-refractivity contribution in [3.8, 4) is 0 Å². The van der Waals surface area contributed by atoms with Crippen LogP contribution in [0.15, 0.2) is 0 Å². The molecule has 0 aromatic rings. The van der Waals surface area contributed by atoms with E-state index in [1.54, 1.807) is 7.11 Å². The minimum Gasteiger partial charge on any atom is -0.415 e. The van der Waals surface area contributed by atoms with Crippen LogP contribution in [0, 0.1) is 0 Å². The molecule has 0 radical (unpaired) electrons. The van der Waals surface area contributed by atoms with E-state index in [-0.39, 0.29) is 12.5 Å². The maximum atomic E-state index is 9.12. The highest BCUT2D eigenvalue weighted by molar-refractivity contribution is 6.73. The van der Waals surface area contributed by atoms with Crippen molar-refractivity contribution in [2.45, 2.75) is 12.5 Å².